The first-order valence-electron chi connectivity index (χ1n) is 6.65. The van der Waals surface area contributed by atoms with Gasteiger partial charge in [0.15, 0.2) is 0 Å². The average molecular weight is 299 g/mol. The fraction of sp³-hybridized carbons (Fsp3) is 0.188. The minimum atomic E-state index is 0.726. The zero-order valence-corrected chi connectivity index (χ0v) is 12.9. The summed E-state index contributed by atoms with van der Waals surface area (Å²) >= 11 is 1.60. The summed E-state index contributed by atoms with van der Waals surface area (Å²) in [7, 11) is 3.71. The summed E-state index contributed by atoms with van der Waals surface area (Å²) in [6.07, 6.45) is 0. The van der Waals surface area contributed by atoms with E-state index in [1.165, 1.54) is 0 Å². The van der Waals surface area contributed by atoms with Gasteiger partial charge in [-0.05, 0) is 18.2 Å². The number of hydrogen-bond donors (Lipinski definition) is 1. The van der Waals surface area contributed by atoms with Crippen molar-refractivity contribution < 1.29 is 4.74 Å². The van der Waals surface area contributed by atoms with Crippen molar-refractivity contribution in [1.82, 2.24) is 4.98 Å². The number of benzene rings is 2. The third-order valence-corrected chi connectivity index (χ3v) is 4.32. The molecule has 21 heavy (non-hydrogen) atoms. The number of para-hydroxylation sites is 1. The molecular formula is C16H17N3OS. The number of nitrogens with two attached hydrogens (primary N) is 1. The lowest BCUT2D eigenvalue weighted by Crippen LogP contribution is -2.18. The van der Waals surface area contributed by atoms with Gasteiger partial charge in [-0.3, -0.25) is 0 Å². The molecule has 1 aromatic heterocycles. The lowest BCUT2D eigenvalue weighted by atomic mass is 10.1. The van der Waals surface area contributed by atoms with Crippen LogP contribution in [0, 0.1) is 0 Å². The third-order valence-electron chi connectivity index (χ3n) is 3.53. The molecule has 0 radical (unpaired) electrons. The number of aromatic nitrogens is 1. The summed E-state index contributed by atoms with van der Waals surface area (Å²) in [5.74, 6) is 0.887. The summed E-state index contributed by atoms with van der Waals surface area (Å²) in [6, 6.07) is 12.1. The van der Waals surface area contributed by atoms with Gasteiger partial charge in [-0.2, -0.15) is 0 Å². The number of hydrogen-bond acceptors (Lipinski definition) is 5. The van der Waals surface area contributed by atoms with Crippen LogP contribution < -0.4 is 15.4 Å². The summed E-state index contributed by atoms with van der Waals surface area (Å²) < 4.78 is 6.51. The molecule has 1 heterocycles. The molecule has 3 aromatic rings. The van der Waals surface area contributed by atoms with Crippen LogP contribution in [0.3, 0.4) is 0 Å². The molecule has 0 atom stereocenters. The SMILES string of the molecule is COc1ccccc1CN(C)c1ccc2scnc2c1N. The van der Waals surface area contributed by atoms with E-state index in [0.29, 0.717) is 0 Å². The van der Waals surface area contributed by atoms with Crippen molar-refractivity contribution in [3.05, 3.63) is 47.5 Å². The first-order chi connectivity index (χ1) is 10.2. The van der Waals surface area contributed by atoms with Crippen LogP contribution in [0.5, 0.6) is 5.75 Å². The van der Waals surface area contributed by atoms with Crippen LogP contribution in [0.2, 0.25) is 0 Å². The molecule has 0 aliphatic heterocycles. The number of anilines is 2. The number of methoxy groups -OCH3 is 1. The van der Waals surface area contributed by atoms with E-state index in [9.17, 15) is 0 Å². The standard InChI is InChI=1S/C16H17N3OS/c1-19(9-11-5-3-4-6-13(11)20-2)12-7-8-14-16(15(12)17)18-10-21-14/h3-8,10H,9,17H2,1-2H3. The Bertz CT molecular complexity index is 769. The van der Waals surface area contributed by atoms with Gasteiger partial charge < -0.3 is 15.4 Å². The van der Waals surface area contributed by atoms with E-state index in [1.807, 2.05) is 36.8 Å². The molecule has 2 N–H and O–H groups in total. The smallest absolute Gasteiger partial charge is 0.123 e. The molecule has 0 amide bonds. The van der Waals surface area contributed by atoms with Crippen LogP contribution in [0.15, 0.2) is 41.9 Å². The average Bonchev–Trinajstić information content (AvgIpc) is 2.97. The Morgan fingerprint density at radius 2 is 2.05 bits per heavy atom. The van der Waals surface area contributed by atoms with Crippen LogP contribution in [0.1, 0.15) is 5.56 Å². The van der Waals surface area contributed by atoms with Gasteiger partial charge >= 0.3 is 0 Å². The molecule has 2 aromatic carbocycles. The fourth-order valence-corrected chi connectivity index (χ4v) is 3.14. The Morgan fingerprint density at radius 1 is 1.24 bits per heavy atom. The monoisotopic (exact) mass is 299 g/mol. The van der Waals surface area contributed by atoms with Crippen LogP contribution in [0.25, 0.3) is 10.2 Å². The van der Waals surface area contributed by atoms with Gasteiger partial charge in [0.2, 0.25) is 0 Å². The third kappa shape index (κ3) is 2.52. The molecule has 4 nitrogen and oxygen atoms in total. The second-order valence-electron chi connectivity index (χ2n) is 4.87. The minimum absolute atomic E-state index is 0.726. The highest BCUT2D eigenvalue weighted by Crippen LogP contribution is 2.33. The van der Waals surface area contributed by atoms with E-state index in [4.69, 9.17) is 10.5 Å². The quantitative estimate of drug-likeness (QED) is 0.749. The van der Waals surface area contributed by atoms with Crippen molar-refractivity contribution in [2.75, 3.05) is 24.8 Å². The maximum atomic E-state index is 6.26. The van der Waals surface area contributed by atoms with Crippen molar-refractivity contribution in [3.63, 3.8) is 0 Å². The van der Waals surface area contributed by atoms with E-state index < -0.39 is 0 Å². The van der Waals surface area contributed by atoms with Crippen molar-refractivity contribution >= 4 is 32.9 Å². The first-order valence-corrected chi connectivity index (χ1v) is 7.53. The summed E-state index contributed by atoms with van der Waals surface area (Å²) in [5.41, 5.74) is 11.8. The highest BCUT2D eigenvalue weighted by molar-refractivity contribution is 7.16. The fourth-order valence-electron chi connectivity index (χ4n) is 2.45. The Kier molecular flexibility index (Phi) is 3.66. The zero-order valence-electron chi connectivity index (χ0n) is 12.0. The van der Waals surface area contributed by atoms with Crippen molar-refractivity contribution in [1.29, 1.82) is 0 Å². The molecule has 0 saturated heterocycles. The summed E-state index contributed by atoms with van der Waals surface area (Å²) in [6.45, 7) is 0.726. The molecule has 0 spiro atoms. The number of thiazole rings is 1. The summed E-state index contributed by atoms with van der Waals surface area (Å²) in [4.78, 5) is 6.46. The Balaban J connectivity index is 1.93. The number of nitrogens with zero attached hydrogens (tertiary/aromatic N) is 2. The molecule has 0 bridgehead atoms. The molecule has 5 heteroatoms. The second kappa shape index (κ2) is 5.61. The van der Waals surface area contributed by atoms with E-state index >= 15 is 0 Å². The van der Waals surface area contributed by atoms with Crippen LogP contribution >= 0.6 is 11.3 Å². The highest BCUT2D eigenvalue weighted by Gasteiger charge is 2.12. The second-order valence-corrected chi connectivity index (χ2v) is 5.75. The van der Waals surface area contributed by atoms with Gasteiger partial charge in [-0.1, -0.05) is 18.2 Å². The van der Waals surface area contributed by atoms with Crippen LogP contribution in [0.4, 0.5) is 11.4 Å². The lowest BCUT2D eigenvalue weighted by molar-refractivity contribution is 0.409. The van der Waals surface area contributed by atoms with Crippen LogP contribution in [-0.2, 0) is 6.54 Å². The normalized spacial score (nSPS) is 10.8. The van der Waals surface area contributed by atoms with Gasteiger partial charge in [0.05, 0.1) is 28.7 Å². The van der Waals surface area contributed by atoms with Crippen molar-refractivity contribution in [3.8, 4) is 5.75 Å². The van der Waals surface area contributed by atoms with E-state index in [-0.39, 0.29) is 0 Å². The molecule has 0 fully saturated rings. The number of rotatable bonds is 4. The maximum Gasteiger partial charge on any atom is 0.123 e. The molecule has 0 aliphatic carbocycles. The number of ether oxygens (including phenoxy) is 1. The van der Waals surface area contributed by atoms with Gasteiger partial charge in [0, 0.05) is 19.2 Å². The topological polar surface area (TPSA) is 51.4 Å². The Labute approximate surface area is 127 Å². The molecule has 3 rings (SSSR count). The van der Waals surface area contributed by atoms with Gasteiger partial charge in [-0.15, -0.1) is 11.3 Å². The zero-order chi connectivity index (χ0) is 14.8. The molecular weight excluding hydrogens is 282 g/mol. The van der Waals surface area contributed by atoms with E-state index in [1.54, 1.807) is 18.4 Å². The Morgan fingerprint density at radius 3 is 2.86 bits per heavy atom. The Hall–Kier alpha value is -2.27. The summed E-state index contributed by atoms with van der Waals surface area (Å²) in [5, 5.41) is 0. The first kappa shape index (κ1) is 13.7. The molecule has 0 aliphatic rings. The van der Waals surface area contributed by atoms with Gasteiger partial charge in [-0.25, -0.2) is 4.98 Å². The van der Waals surface area contributed by atoms with Crippen molar-refractivity contribution in [2.24, 2.45) is 0 Å². The minimum Gasteiger partial charge on any atom is -0.496 e. The van der Waals surface area contributed by atoms with E-state index in [0.717, 1.165) is 39.4 Å². The number of nitrogen functional groups attached to an aromatic ring is 1. The van der Waals surface area contributed by atoms with Crippen molar-refractivity contribution in [2.45, 2.75) is 6.54 Å². The molecule has 0 unspecified atom stereocenters. The largest absolute Gasteiger partial charge is 0.496 e. The lowest BCUT2D eigenvalue weighted by Gasteiger charge is -2.22. The molecule has 0 saturated carbocycles. The van der Waals surface area contributed by atoms with Gasteiger partial charge in [0.25, 0.3) is 0 Å². The maximum absolute atomic E-state index is 6.26. The molecule has 108 valence electrons. The highest BCUT2D eigenvalue weighted by atomic mass is 32.1. The predicted octanol–water partition coefficient (Wildman–Crippen LogP) is 3.52. The van der Waals surface area contributed by atoms with Gasteiger partial charge in [0.1, 0.15) is 11.3 Å². The van der Waals surface area contributed by atoms with Crippen LogP contribution in [-0.4, -0.2) is 19.1 Å². The predicted molar refractivity (Wildman–Crippen MR) is 89.1 cm³/mol. The number of fused-ring (bicyclic) bond motifs is 1. The van der Waals surface area contributed by atoms with E-state index in [2.05, 4.69) is 22.0 Å².